The molecule has 2 saturated carbocycles. The third-order valence-corrected chi connectivity index (χ3v) is 4.62. The summed E-state index contributed by atoms with van der Waals surface area (Å²) in [5.41, 5.74) is -0.426. The molecule has 0 aliphatic heterocycles. The van der Waals surface area contributed by atoms with Crippen molar-refractivity contribution in [1.29, 1.82) is 0 Å². The van der Waals surface area contributed by atoms with Crippen LogP contribution in [0.3, 0.4) is 0 Å². The molecule has 0 saturated heterocycles. The van der Waals surface area contributed by atoms with Gasteiger partial charge in [0.15, 0.2) is 0 Å². The van der Waals surface area contributed by atoms with Gasteiger partial charge in [-0.05, 0) is 64.2 Å². The van der Waals surface area contributed by atoms with Gasteiger partial charge in [0.1, 0.15) is 5.60 Å². The average molecular weight is 296 g/mol. The number of alkyl carbamates (subject to hydrolysis) is 1. The highest BCUT2D eigenvalue weighted by atomic mass is 16.6. The first-order chi connectivity index (χ1) is 9.74. The number of ether oxygens (including phenoxy) is 1. The zero-order valence-electron chi connectivity index (χ0n) is 14.2. The summed E-state index contributed by atoms with van der Waals surface area (Å²) in [4.78, 5) is 11.8. The van der Waals surface area contributed by atoms with Crippen molar-refractivity contribution in [3.63, 3.8) is 0 Å². The molecule has 0 aromatic heterocycles. The quantitative estimate of drug-likeness (QED) is 0.790. The third kappa shape index (κ3) is 5.50. The van der Waals surface area contributed by atoms with Crippen molar-refractivity contribution in [3.05, 3.63) is 0 Å². The normalized spacial score (nSPS) is 27.1. The van der Waals surface area contributed by atoms with Gasteiger partial charge in [-0.2, -0.15) is 0 Å². The van der Waals surface area contributed by atoms with E-state index >= 15 is 0 Å². The topological polar surface area (TPSA) is 50.4 Å². The van der Waals surface area contributed by atoms with Crippen molar-refractivity contribution in [1.82, 2.24) is 10.6 Å². The highest BCUT2D eigenvalue weighted by Gasteiger charge is 2.37. The molecule has 122 valence electrons. The first kappa shape index (κ1) is 16.6. The molecule has 0 aromatic carbocycles. The molecule has 21 heavy (non-hydrogen) atoms. The predicted octanol–water partition coefficient (Wildman–Crippen LogP) is 3.31. The van der Waals surface area contributed by atoms with Crippen LogP contribution in [0.15, 0.2) is 0 Å². The molecule has 2 aliphatic rings. The van der Waals surface area contributed by atoms with Crippen LogP contribution in [-0.2, 0) is 4.74 Å². The maximum Gasteiger partial charge on any atom is 0.407 e. The minimum absolute atomic E-state index is 0.302. The van der Waals surface area contributed by atoms with Crippen LogP contribution in [-0.4, -0.2) is 30.3 Å². The van der Waals surface area contributed by atoms with Gasteiger partial charge in [0.2, 0.25) is 0 Å². The summed E-state index contributed by atoms with van der Waals surface area (Å²) in [6.07, 6.45) is 4.84. The maximum atomic E-state index is 11.8. The number of nitrogens with one attached hydrogen (secondary N) is 2. The van der Waals surface area contributed by atoms with Gasteiger partial charge in [0.25, 0.3) is 0 Å². The molecule has 1 amide bonds. The van der Waals surface area contributed by atoms with Crippen LogP contribution in [0.4, 0.5) is 4.79 Å². The fourth-order valence-corrected chi connectivity index (χ4v) is 3.01. The summed E-state index contributed by atoms with van der Waals surface area (Å²) in [5.74, 6) is 2.40. The predicted molar refractivity (Wildman–Crippen MR) is 85.2 cm³/mol. The van der Waals surface area contributed by atoms with Crippen LogP contribution >= 0.6 is 0 Å². The molecule has 0 bridgehead atoms. The Balaban J connectivity index is 1.70. The molecule has 0 spiro atoms. The second-order valence-corrected chi connectivity index (χ2v) is 8.17. The second kappa shape index (κ2) is 6.55. The Morgan fingerprint density at radius 1 is 1.19 bits per heavy atom. The van der Waals surface area contributed by atoms with Gasteiger partial charge >= 0.3 is 6.09 Å². The van der Waals surface area contributed by atoms with Crippen LogP contribution in [0.1, 0.15) is 60.3 Å². The molecule has 0 aromatic rings. The van der Waals surface area contributed by atoms with E-state index in [1.54, 1.807) is 0 Å². The first-order valence-electron chi connectivity index (χ1n) is 8.47. The lowest BCUT2D eigenvalue weighted by Gasteiger charge is -2.41. The second-order valence-electron chi connectivity index (χ2n) is 8.17. The highest BCUT2D eigenvalue weighted by Crippen LogP contribution is 2.37. The molecule has 4 heteroatoms. The van der Waals surface area contributed by atoms with Crippen LogP contribution in [0, 0.1) is 17.8 Å². The molecule has 0 radical (unpaired) electrons. The number of hydrogen-bond acceptors (Lipinski definition) is 3. The number of carbonyl (C=O) groups is 1. The van der Waals surface area contributed by atoms with Gasteiger partial charge in [-0.25, -0.2) is 4.79 Å². The number of rotatable bonds is 6. The Hall–Kier alpha value is -0.770. The van der Waals surface area contributed by atoms with E-state index in [4.69, 9.17) is 4.74 Å². The summed E-state index contributed by atoms with van der Waals surface area (Å²) in [5, 5.41) is 6.67. The lowest BCUT2D eigenvalue weighted by Crippen LogP contribution is -2.52. The van der Waals surface area contributed by atoms with Crippen LogP contribution in [0.2, 0.25) is 0 Å². The molecule has 2 rings (SSSR count). The largest absolute Gasteiger partial charge is 0.444 e. The van der Waals surface area contributed by atoms with Crippen LogP contribution < -0.4 is 10.6 Å². The number of hydrogen-bond donors (Lipinski definition) is 2. The van der Waals surface area contributed by atoms with Crippen molar-refractivity contribution in [2.24, 2.45) is 17.8 Å². The summed E-state index contributed by atoms with van der Waals surface area (Å²) in [6, 6.07) is 1.05. The molecule has 2 N–H and O–H groups in total. The zero-order valence-corrected chi connectivity index (χ0v) is 14.2. The third-order valence-electron chi connectivity index (χ3n) is 4.62. The fourth-order valence-electron chi connectivity index (χ4n) is 3.01. The maximum absolute atomic E-state index is 11.8. The molecule has 4 nitrogen and oxygen atoms in total. The van der Waals surface area contributed by atoms with E-state index in [1.165, 1.54) is 25.7 Å². The van der Waals surface area contributed by atoms with E-state index in [1.807, 2.05) is 20.8 Å². The molecular weight excluding hydrogens is 264 g/mol. The molecule has 1 atom stereocenters. The van der Waals surface area contributed by atoms with Gasteiger partial charge in [-0.3, -0.25) is 0 Å². The Kier molecular flexibility index (Phi) is 5.18. The summed E-state index contributed by atoms with van der Waals surface area (Å²) in [7, 11) is 0. The van der Waals surface area contributed by atoms with E-state index in [0.29, 0.717) is 18.6 Å². The highest BCUT2D eigenvalue weighted by molar-refractivity contribution is 5.67. The summed E-state index contributed by atoms with van der Waals surface area (Å²) < 4.78 is 5.30. The van der Waals surface area contributed by atoms with Gasteiger partial charge < -0.3 is 15.4 Å². The smallest absolute Gasteiger partial charge is 0.407 e. The molecule has 0 heterocycles. The number of carbonyl (C=O) groups excluding carboxylic acids is 1. The minimum atomic E-state index is -0.426. The number of amides is 1. The standard InChI is InChI=1S/C17H32N2O2/c1-11(2)13-8-14(9-13)19-15(12-6-7-12)10-18-16(20)21-17(3,4)5/h11-15,19H,6-10H2,1-5H3,(H,18,20). The first-order valence-corrected chi connectivity index (χ1v) is 8.47. The van der Waals surface area contributed by atoms with Crippen LogP contribution in [0.5, 0.6) is 0 Å². The lowest BCUT2D eigenvalue weighted by atomic mass is 9.73. The minimum Gasteiger partial charge on any atom is -0.444 e. The van der Waals surface area contributed by atoms with E-state index in [-0.39, 0.29) is 6.09 Å². The van der Waals surface area contributed by atoms with Crippen molar-refractivity contribution in [2.75, 3.05) is 6.54 Å². The fraction of sp³-hybridized carbons (Fsp3) is 0.941. The van der Waals surface area contributed by atoms with Gasteiger partial charge in [-0.1, -0.05) is 13.8 Å². The monoisotopic (exact) mass is 296 g/mol. The van der Waals surface area contributed by atoms with Crippen molar-refractivity contribution in [2.45, 2.75) is 78.0 Å². The summed E-state index contributed by atoms with van der Waals surface area (Å²) >= 11 is 0. The SMILES string of the molecule is CC(C)C1CC(NC(CNC(=O)OC(C)(C)C)C2CC2)C1. The van der Waals surface area contributed by atoms with E-state index in [2.05, 4.69) is 24.5 Å². The Labute approximate surface area is 129 Å². The summed E-state index contributed by atoms with van der Waals surface area (Å²) in [6.45, 7) is 11.0. The Morgan fingerprint density at radius 2 is 1.81 bits per heavy atom. The molecule has 2 fully saturated rings. The molecule has 2 aliphatic carbocycles. The van der Waals surface area contributed by atoms with E-state index < -0.39 is 5.60 Å². The lowest BCUT2D eigenvalue weighted by molar-refractivity contribution is 0.0516. The van der Waals surface area contributed by atoms with E-state index in [9.17, 15) is 4.79 Å². The molecule has 1 unspecified atom stereocenters. The van der Waals surface area contributed by atoms with Gasteiger partial charge in [-0.15, -0.1) is 0 Å². The van der Waals surface area contributed by atoms with Crippen LogP contribution in [0.25, 0.3) is 0 Å². The van der Waals surface area contributed by atoms with Gasteiger partial charge in [0.05, 0.1) is 0 Å². The van der Waals surface area contributed by atoms with Crippen molar-refractivity contribution < 1.29 is 9.53 Å². The van der Waals surface area contributed by atoms with Crippen molar-refractivity contribution >= 4 is 6.09 Å². The average Bonchev–Trinajstić information content (AvgIpc) is 3.07. The van der Waals surface area contributed by atoms with Gasteiger partial charge in [0, 0.05) is 18.6 Å². The Bertz CT molecular complexity index is 352. The molecular formula is C17H32N2O2. The zero-order chi connectivity index (χ0) is 15.6. The Morgan fingerprint density at radius 3 is 2.29 bits per heavy atom. The van der Waals surface area contributed by atoms with Crippen molar-refractivity contribution in [3.8, 4) is 0 Å². The van der Waals surface area contributed by atoms with E-state index in [0.717, 1.165) is 17.8 Å².